The first-order valence-corrected chi connectivity index (χ1v) is 6.99. The van der Waals surface area contributed by atoms with Crippen molar-refractivity contribution in [3.63, 3.8) is 0 Å². The van der Waals surface area contributed by atoms with Gasteiger partial charge in [0.05, 0.1) is 13.2 Å². The quantitative estimate of drug-likeness (QED) is 0.892. The summed E-state index contributed by atoms with van der Waals surface area (Å²) in [5.41, 5.74) is 0.996. The summed E-state index contributed by atoms with van der Waals surface area (Å²) in [7, 11) is 0. The molecule has 1 aliphatic rings. The number of amides is 1. The number of carbonyl (C=O) groups is 1. The fourth-order valence-corrected chi connectivity index (χ4v) is 2.10. The topological polar surface area (TPSA) is 67.4 Å². The molecule has 1 unspecified atom stereocenters. The molecular formula is C14H22N4O2. The monoisotopic (exact) mass is 278 g/mol. The van der Waals surface area contributed by atoms with Gasteiger partial charge in [0, 0.05) is 25.5 Å². The van der Waals surface area contributed by atoms with Crippen LogP contribution in [0.5, 0.6) is 0 Å². The minimum atomic E-state index is -0.309. The van der Waals surface area contributed by atoms with Crippen LogP contribution in [0.3, 0.4) is 0 Å². The first kappa shape index (κ1) is 14.7. The van der Waals surface area contributed by atoms with Gasteiger partial charge in [-0.25, -0.2) is 9.97 Å². The van der Waals surface area contributed by atoms with Gasteiger partial charge in [0.25, 0.3) is 0 Å². The Bertz CT molecular complexity index is 441. The highest BCUT2D eigenvalue weighted by molar-refractivity contribution is 5.84. The largest absolute Gasteiger partial charge is 0.378 e. The van der Waals surface area contributed by atoms with Gasteiger partial charge < -0.3 is 15.0 Å². The number of nitrogens with one attached hydrogen (secondary N) is 1. The van der Waals surface area contributed by atoms with Crippen molar-refractivity contribution < 1.29 is 9.53 Å². The average molecular weight is 278 g/mol. The van der Waals surface area contributed by atoms with Gasteiger partial charge in [-0.15, -0.1) is 0 Å². The minimum absolute atomic E-state index is 0.0903. The molecule has 2 heterocycles. The van der Waals surface area contributed by atoms with Crippen molar-refractivity contribution in [1.29, 1.82) is 0 Å². The van der Waals surface area contributed by atoms with Crippen LogP contribution in [0.25, 0.3) is 0 Å². The normalized spacial score (nSPS) is 17.1. The maximum absolute atomic E-state index is 12.6. The molecule has 1 atom stereocenters. The second-order valence-corrected chi connectivity index (χ2v) is 5.39. The van der Waals surface area contributed by atoms with Crippen LogP contribution >= 0.6 is 0 Å². The molecule has 2 rings (SSSR count). The summed E-state index contributed by atoms with van der Waals surface area (Å²) in [6, 6.07) is -0.309. The standard InChI is InChI=1S/C14H22N4O2/c1-10(2)12(13(19)18-4-6-20-7-5-18)17-14-15-8-11(3)9-16-14/h8-10,12H,4-7H2,1-3H3,(H,15,16,17). The number of hydrogen-bond acceptors (Lipinski definition) is 5. The van der Waals surface area contributed by atoms with E-state index >= 15 is 0 Å². The summed E-state index contributed by atoms with van der Waals surface area (Å²) in [5.74, 6) is 0.749. The minimum Gasteiger partial charge on any atom is -0.378 e. The summed E-state index contributed by atoms with van der Waals surface area (Å²) in [4.78, 5) is 22.8. The Hall–Kier alpha value is -1.69. The van der Waals surface area contributed by atoms with E-state index in [1.165, 1.54) is 0 Å². The molecule has 1 amide bonds. The number of aryl methyl sites for hydroxylation is 1. The van der Waals surface area contributed by atoms with Crippen molar-refractivity contribution in [2.45, 2.75) is 26.8 Å². The molecular weight excluding hydrogens is 256 g/mol. The summed E-state index contributed by atoms with van der Waals surface area (Å²) in [6.07, 6.45) is 3.48. The molecule has 1 fully saturated rings. The maximum Gasteiger partial charge on any atom is 0.245 e. The lowest BCUT2D eigenvalue weighted by molar-refractivity contribution is -0.137. The first-order chi connectivity index (χ1) is 9.58. The molecule has 0 spiro atoms. The molecule has 0 aromatic carbocycles. The smallest absolute Gasteiger partial charge is 0.245 e. The van der Waals surface area contributed by atoms with Crippen molar-refractivity contribution in [3.05, 3.63) is 18.0 Å². The Morgan fingerprint density at radius 2 is 1.90 bits per heavy atom. The Labute approximate surface area is 119 Å². The zero-order chi connectivity index (χ0) is 14.5. The van der Waals surface area contributed by atoms with Crippen LogP contribution in [0, 0.1) is 12.8 Å². The predicted molar refractivity (Wildman–Crippen MR) is 76.4 cm³/mol. The summed E-state index contributed by atoms with van der Waals surface area (Å²) >= 11 is 0. The molecule has 110 valence electrons. The molecule has 0 saturated carbocycles. The number of aromatic nitrogens is 2. The molecule has 0 radical (unpaired) electrons. The number of carbonyl (C=O) groups excluding carboxylic acids is 1. The van der Waals surface area contributed by atoms with E-state index in [4.69, 9.17) is 4.74 Å². The first-order valence-electron chi connectivity index (χ1n) is 6.99. The van der Waals surface area contributed by atoms with Crippen molar-refractivity contribution in [3.8, 4) is 0 Å². The fourth-order valence-electron chi connectivity index (χ4n) is 2.10. The van der Waals surface area contributed by atoms with Gasteiger partial charge in [-0.2, -0.15) is 0 Å². The average Bonchev–Trinajstić information content (AvgIpc) is 2.46. The molecule has 1 aliphatic heterocycles. The van der Waals surface area contributed by atoms with Crippen LogP contribution in [0.1, 0.15) is 19.4 Å². The van der Waals surface area contributed by atoms with E-state index in [1.807, 2.05) is 25.7 Å². The zero-order valence-corrected chi connectivity index (χ0v) is 12.3. The van der Waals surface area contributed by atoms with Crippen molar-refractivity contribution in [2.24, 2.45) is 5.92 Å². The van der Waals surface area contributed by atoms with E-state index in [-0.39, 0.29) is 17.9 Å². The third-order valence-corrected chi connectivity index (χ3v) is 3.32. The number of ether oxygens (including phenoxy) is 1. The third kappa shape index (κ3) is 3.66. The van der Waals surface area contributed by atoms with Gasteiger partial charge in [0.15, 0.2) is 0 Å². The summed E-state index contributed by atoms with van der Waals surface area (Å²) in [5, 5.41) is 3.15. The summed E-state index contributed by atoms with van der Waals surface area (Å²) < 4.78 is 5.28. The molecule has 0 bridgehead atoms. The number of nitrogens with zero attached hydrogens (tertiary/aromatic N) is 3. The maximum atomic E-state index is 12.6. The molecule has 1 aromatic rings. The van der Waals surface area contributed by atoms with Crippen LogP contribution in [-0.2, 0) is 9.53 Å². The van der Waals surface area contributed by atoms with Crippen LogP contribution in [0.4, 0.5) is 5.95 Å². The van der Waals surface area contributed by atoms with Gasteiger partial charge in [0.2, 0.25) is 11.9 Å². The number of hydrogen-bond donors (Lipinski definition) is 1. The number of anilines is 1. The van der Waals surface area contributed by atoms with Crippen LogP contribution in [0.15, 0.2) is 12.4 Å². The van der Waals surface area contributed by atoms with Crippen molar-refractivity contribution >= 4 is 11.9 Å². The highest BCUT2D eigenvalue weighted by Gasteiger charge is 2.28. The molecule has 1 N–H and O–H groups in total. The van der Waals surface area contributed by atoms with E-state index in [1.54, 1.807) is 12.4 Å². The van der Waals surface area contributed by atoms with E-state index in [0.29, 0.717) is 32.3 Å². The molecule has 0 aliphatic carbocycles. The molecule has 6 nitrogen and oxygen atoms in total. The third-order valence-electron chi connectivity index (χ3n) is 3.32. The molecule has 6 heteroatoms. The fraction of sp³-hybridized carbons (Fsp3) is 0.643. The number of rotatable bonds is 4. The summed E-state index contributed by atoms with van der Waals surface area (Å²) in [6.45, 7) is 8.49. The SMILES string of the molecule is Cc1cnc(NC(C(=O)N2CCOCC2)C(C)C)nc1. The Kier molecular flexibility index (Phi) is 4.89. The zero-order valence-electron chi connectivity index (χ0n) is 12.3. The van der Waals surface area contributed by atoms with Crippen molar-refractivity contribution in [2.75, 3.05) is 31.6 Å². The van der Waals surface area contributed by atoms with Gasteiger partial charge >= 0.3 is 0 Å². The lowest BCUT2D eigenvalue weighted by Crippen LogP contribution is -2.50. The number of morpholine rings is 1. The second kappa shape index (κ2) is 6.65. The van der Waals surface area contributed by atoms with Gasteiger partial charge in [-0.1, -0.05) is 13.8 Å². The van der Waals surface area contributed by atoms with Gasteiger partial charge in [-0.3, -0.25) is 4.79 Å². The van der Waals surface area contributed by atoms with Crippen LogP contribution in [-0.4, -0.2) is 53.1 Å². The predicted octanol–water partition coefficient (Wildman–Crippen LogP) is 1.08. The van der Waals surface area contributed by atoms with Gasteiger partial charge in [-0.05, 0) is 18.4 Å². The van der Waals surface area contributed by atoms with Crippen LogP contribution < -0.4 is 5.32 Å². The second-order valence-electron chi connectivity index (χ2n) is 5.39. The molecule has 1 aromatic heterocycles. The van der Waals surface area contributed by atoms with E-state index < -0.39 is 0 Å². The van der Waals surface area contributed by atoms with Crippen molar-refractivity contribution in [1.82, 2.24) is 14.9 Å². The van der Waals surface area contributed by atoms with E-state index in [9.17, 15) is 4.79 Å². The Morgan fingerprint density at radius 3 is 2.45 bits per heavy atom. The Balaban J connectivity index is 2.06. The van der Waals surface area contributed by atoms with Crippen LogP contribution in [0.2, 0.25) is 0 Å². The lowest BCUT2D eigenvalue weighted by atomic mass is 10.0. The van der Waals surface area contributed by atoms with Gasteiger partial charge in [0.1, 0.15) is 6.04 Å². The highest BCUT2D eigenvalue weighted by Crippen LogP contribution is 2.13. The molecule has 1 saturated heterocycles. The lowest BCUT2D eigenvalue weighted by Gasteiger charge is -2.32. The highest BCUT2D eigenvalue weighted by atomic mass is 16.5. The van der Waals surface area contributed by atoms with E-state index in [2.05, 4.69) is 15.3 Å². The molecule has 20 heavy (non-hydrogen) atoms. The Morgan fingerprint density at radius 1 is 1.30 bits per heavy atom. The van der Waals surface area contributed by atoms with E-state index in [0.717, 1.165) is 5.56 Å².